The highest BCUT2D eigenvalue weighted by molar-refractivity contribution is 9.10. The average Bonchev–Trinajstić information content (AvgIpc) is 2.78. The van der Waals surface area contributed by atoms with Crippen LogP contribution in [-0.2, 0) is 9.59 Å². The second kappa shape index (κ2) is 8.48. The van der Waals surface area contributed by atoms with E-state index < -0.39 is 0 Å². The number of hydrogen-bond acceptors (Lipinski definition) is 2. The van der Waals surface area contributed by atoms with E-state index in [1.54, 1.807) is 11.8 Å². The topological polar surface area (TPSA) is 40.6 Å². The lowest BCUT2D eigenvalue weighted by atomic mass is 10.2. The molecule has 5 heteroatoms. The Kier molecular flexibility index (Phi) is 6.63. The van der Waals surface area contributed by atoms with Crippen LogP contribution >= 0.6 is 15.9 Å². The van der Waals surface area contributed by atoms with E-state index in [1.807, 2.05) is 30.0 Å². The molecule has 126 valence electrons. The molecule has 0 saturated carbocycles. The molecular formula is C18H25BrN2O2. The van der Waals surface area contributed by atoms with Crippen LogP contribution in [0.2, 0.25) is 0 Å². The lowest BCUT2D eigenvalue weighted by molar-refractivity contribution is -0.131. The maximum atomic E-state index is 12.4. The van der Waals surface area contributed by atoms with Crippen molar-refractivity contribution in [3.8, 4) is 0 Å². The number of carbonyl (C=O) groups excluding carboxylic acids is 2. The van der Waals surface area contributed by atoms with Gasteiger partial charge in [-0.15, -0.1) is 0 Å². The van der Waals surface area contributed by atoms with Crippen molar-refractivity contribution in [2.45, 2.75) is 46.0 Å². The molecule has 0 aliphatic carbocycles. The number of anilines is 1. The maximum Gasteiger partial charge on any atom is 0.224 e. The van der Waals surface area contributed by atoms with E-state index in [-0.39, 0.29) is 11.8 Å². The van der Waals surface area contributed by atoms with E-state index in [2.05, 4.69) is 15.9 Å². The Balaban J connectivity index is 2.02. The number of likely N-dealkylation sites (tertiary alicyclic amines) is 1. The molecule has 2 amide bonds. The number of hydrogen-bond donors (Lipinski definition) is 0. The van der Waals surface area contributed by atoms with Gasteiger partial charge >= 0.3 is 0 Å². The highest BCUT2D eigenvalue weighted by atomic mass is 79.9. The van der Waals surface area contributed by atoms with Crippen LogP contribution in [0, 0.1) is 6.92 Å². The van der Waals surface area contributed by atoms with Gasteiger partial charge in [0.25, 0.3) is 0 Å². The van der Waals surface area contributed by atoms with Crippen molar-refractivity contribution in [1.29, 1.82) is 0 Å². The van der Waals surface area contributed by atoms with Crippen molar-refractivity contribution in [3.63, 3.8) is 0 Å². The second-order valence-electron chi connectivity index (χ2n) is 6.17. The standard InChI is InChI=1S/C18H25BrN2O2/c1-14-7-8-17(16(19)13-14)21(15(2)22)12-9-18(23)20-10-5-3-4-6-11-20/h7-8,13H,3-6,9-12H2,1-2H3. The largest absolute Gasteiger partial charge is 0.343 e. The molecule has 23 heavy (non-hydrogen) atoms. The Morgan fingerprint density at radius 1 is 1.17 bits per heavy atom. The molecule has 0 spiro atoms. The van der Waals surface area contributed by atoms with Crippen molar-refractivity contribution in [2.24, 2.45) is 0 Å². The Hall–Kier alpha value is -1.36. The average molecular weight is 381 g/mol. The van der Waals surface area contributed by atoms with Crippen molar-refractivity contribution in [1.82, 2.24) is 4.90 Å². The Morgan fingerprint density at radius 2 is 1.83 bits per heavy atom. The minimum atomic E-state index is -0.0433. The van der Waals surface area contributed by atoms with E-state index in [0.29, 0.717) is 13.0 Å². The van der Waals surface area contributed by atoms with Gasteiger partial charge in [-0.2, -0.15) is 0 Å². The van der Waals surface area contributed by atoms with E-state index in [9.17, 15) is 9.59 Å². The Morgan fingerprint density at radius 3 is 2.39 bits per heavy atom. The Labute approximate surface area is 147 Å². The summed E-state index contributed by atoms with van der Waals surface area (Å²) < 4.78 is 0.884. The van der Waals surface area contributed by atoms with E-state index in [1.165, 1.54) is 12.8 Å². The van der Waals surface area contributed by atoms with Crippen molar-refractivity contribution < 1.29 is 9.59 Å². The molecule has 1 aromatic rings. The van der Waals surface area contributed by atoms with Gasteiger partial charge < -0.3 is 9.80 Å². The molecule has 0 N–H and O–H groups in total. The van der Waals surface area contributed by atoms with Crippen molar-refractivity contribution >= 4 is 33.4 Å². The predicted octanol–water partition coefficient (Wildman–Crippen LogP) is 3.90. The summed E-state index contributed by atoms with van der Waals surface area (Å²) in [5.41, 5.74) is 1.96. The van der Waals surface area contributed by atoms with Gasteiger partial charge in [-0.25, -0.2) is 0 Å². The van der Waals surface area contributed by atoms with Crippen LogP contribution in [0.4, 0.5) is 5.69 Å². The molecule has 1 fully saturated rings. The van der Waals surface area contributed by atoms with Gasteiger partial charge in [0.05, 0.1) is 5.69 Å². The van der Waals surface area contributed by atoms with Crippen LogP contribution < -0.4 is 4.90 Å². The van der Waals surface area contributed by atoms with Crippen LogP contribution in [-0.4, -0.2) is 36.3 Å². The molecule has 1 aliphatic heterocycles. The molecule has 1 heterocycles. The quantitative estimate of drug-likeness (QED) is 0.794. The minimum absolute atomic E-state index is 0.0433. The SMILES string of the molecule is CC(=O)N(CCC(=O)N1CCCCCC1)c1ccc(C)cc1Br. The molecule has 0 bridgehead atoms. The van der Waals surface area contributed by atoms with Gasteiger partial charge in [-0.05, 0) is 53.4 Å². The lowest BCUT2D eigenvalue weighted by Gasteiger charge is -2.25. The first-order valence-corrected chi connectivity index (χ1v) is 9.10. The fourth-order valence-electron chi connectivity index (χ4n) is 2.96. The van der Waals surface area contributed by atoms with Gasteiger partial charge in [0, 0.05) is 37.5 Å². The van der Waals surface area contributed by atoms with Crippen molar-refractivity contribution in [3.05, 3.63) is 28.2 Å². The zero-order valence-electron chi connectivity index (χ0n) is 14.0. The van der Waals surface area contributed by atoms with Gasteiger partial charge in [0.2, 0.25) is 11.8 Å². The highest BCUT2D eigenvalue weighted by Crippen LogP contribution is 2.27. The molecule has 0 atom stereocenters. The summed E-state index contributed by atoms with van der Waals surface area (Å²) in [6, 6.07) is 5.89. The first-order chi connectivity index (χ1) is 11.0. The van der Waals surface area contributed by atoms with Crippen LogP contribution in [0.3, 0.4) is 0 Å². The molecule has 1 aliphatic rings. The predicted molar refractivity (Wildman–Crippen MR) is 96.6 cm³/mol. The number of rotatable bonds is 4. The fourth-order valence-corrected chi connectivity index (χ4v) is 3.67. The molecule has 0 aromatic heterocycles. The molecule has 0 radical (unpaired) electrons. The number of halogens is 1. The second-order valence-corrected chi connectivity index (χ2v) is 7.02. The van der Waals surface area contributed by atoms with E-state index in [4.69, 9.17) is 0 Å². The molecule has 4 nitrogen and oxygen atoms in total. The molecule has 0 unspecified atom stereocenters. The summed E-state index contributed by atoms with van der Waals surface area (Å²) in [6.45, 7) is 5.69. The lowest BCUT2D eigenvalue weighted by Crippen LogP contribution is -2.37. The normalized spacial score (nSPS) is 15.2. The fraction of sp³-hybridized carbons (Fsp3) is 0.556. The number of amides is 2. The van der Waals surface area contributed by atoms with Crippen LogP contribution in [0.1, 0.15) is 44.6 Å². The van der Waals surface area contributed by atoms with Crippen LogP contribution in [0.5, 0.6) is 0 Å². The maximum absolute atomic E-state index is 12.4. The van der Waals surface area contributed by atoms with Gasteiger partial charge in [0.15, 0.2) is 0 Å². The summed E-state index contributed by atoms with van der Waals surface area (Å²) in [6.07, 6.45) is 4.97. The summed E-state index contributed by atoms with van der Waals surface area (Å²) in [4.78, 5) is 28.1. The third kappa shape index (κ3) is 5.06. The third-order valence-electron chi connectivity index (χ3n) is 4.28. The summed E-state index contributed by atoms with van der Waals surface area (Å²) in [5.74, 6) is 0.111. The van der Waals surface area contributed by atoms with Gasteiger partial charge in [-0.3, -0.25) is 9.59 Å². The van der Waals surface area contributed by atoms with Gasteiger partial charge in [0.1, 0.15) is 0 Å². The summed E-state index contributed by atoms with van der Waals surface area (Å²) in [7, 11) is 0. The van der Waals surface area contributed by atoms with E-state index in [0.717, 1.165) is 41.7 Å². The van der Waals surface area contributed by atoms with Crippen LogP contribution in [0.25, 0.3) is 0 Å². The summed E-state index contributed by atoms with van der Waals surface area (Å²) >= 11 is 3.52. The number of carbonyl (C=O) groups is 2. The number of nitrogens with zero attached hydrogens (tertiary/aromatic N) is 2. The van der Waals surface area contributed by atoms with Crippen LogP contribution in [0.15, 0.2) is 22.7 Å². The van der Waals surface area contributed by atoms with Gasteiger partial charge in [-0.1, -0.05) is 18.9 Å². The smallest absolute Gasteiger partial charge is 0.224 e. The molecular weight excluding hydrogens is 356 g/mol. The molecule has 1 aromatic carbocycles. The first kappa shape index (κ1) is 18.0. The first-order valence-electron chi connectivity index (χ1n) is 8.31. The zero-order valence-corrected chi connectivity index (χ0v) is 15.6. The molecule has 2 rings (SSSR count). The zero-order chi connectivity index (χ0) is 16.8. The van der Waals surface area contributed by atoms with Crippen molar-refractivity contribution in [2.75, 3.05) is 24.5 Å². The number of aryl methyl sites for hydroxylation is 1. The summed E-state index contributed by atoms with van der Waals surface area (Å²) in [5, 5.41) is 0. The monoisotopic (exact) mass is 380 g/mol. The highest BCUT2D eigenvalue weighted by Gasteiger charge is 2.19. The Bertz CT molecular complexity index is 566. The van der Waals surface area contributed by atoms with E-state index >= 15 is 0 Å². The minimum Gasteiger partial charge on any atom is -0.343 e. The third-order valence-corrected chi connectivity index (χ3v) is 4.92. The number of benzene rings is 1. The molecule has 1 saturated heterocycles.